The van der Waals surface area contributed by atoms with Crippen LogP contribution in [0.2, 0.25) is 0 Å². The predicted octanol–water partition coefficient (Wildman–Crippen LogP) is 3.00. The van der Waals surface area contributed by atoms with E-state index in [0.717, 1.165) is 5.69 Å². The zero-order valence-electron chi connectivity index (χ0n) is 9.59. The number of nitrogens with two attached hydrogens (primary N) is 1. The molecular weight excluding hydrogens is 232 g/mol. The summed E-state index contributed by atoms with van der Waals surface area (Å²) in [5.41, 5.74) is 7.22. The van der Waals surface area contributed by atoms with E-state index in [0.29, 0.717) is 17.1 Å². The molecule has 0 fully saturated rings. The highest BCUT2D eigenvalue weighted by Crippen LogP contribution is 2.24. The van der Waals surface area contributed by atoms with Gasteiger partial charge in [-0.15, -0.1) is 11.3 Å². The molecule has 2 aromatic rings. The van der Waals surface area contributed by atoms with Crippen LogP contribution in [0, 0.1) is 0 Å². The van der Waals surface area contributed by atoms with Gasteiger partial charge in [0.15, 0.2) is 0 Å². The highest BCUT2D eigenvalue weighted by atomic mass is 32.1. The number of thiophene rings is 1. The number of anilines is 2. The molecule has 3 nitrogen and oxygen atoms in total. The molecule has 0 aliphatic heterocycles. The summed E-state index contributed by atoms with van der Waals surface area (Å²) < 4.78 is 0. The van der Waals surface area contributed by atoms with Gasteiger partial charge in [-0.2, -0.15) is 0 Å². The van der Waals surface area contributed by atoms with Crippen molar-refractivity contribution < 1.29 is 4.79 Å². The van der Waals surface area contributed by atoms with Crippen LogP contribution in [0.5, 0.6) is 0 Å². The largest absolute Gasteiger partial charge is 0.397 e. The molecule has 0 unspecified atom stereocenters. The lowest BCUT2D eigenvalue weighted by atomic mass is 10.2. The monoisotopic (exact) mass is 246 g/mol. The van der Waals surface area contributed by atoms with Gasteiger partial charge >= 0.3 is 0 Å². The SMILES string of the molecule is CCN(C(=O)c1sccc1N)c1ccccc1. The summed E-state index contributed by atoms with van der Waals surface area (Å²) in [4.78, 5) is 14.6. The van der Waals surface area contributed by atoms with Crippen molar-refractivity contribution in [3.63, 3.8) is 0 Å². The van der Waals surface area contributed by atoms with Gasteiger partial charge in [0.05, 0.1) is 5.69 Å². The first-order valence-electron chi connectivity index (χ1n) is 5.44. The molecule has 1 amide bonds. The van der Waals surface area contributed by atoms with Gasteiger partial charge in [-0.25, -0.2) is 0 Å². The highest BCUT2D eigenvalue weighted by Gasteiger charge is 2.19. The van der Waals surface area contributed by atoms with Crippen LogP contribution in [0.1, 0.15) is 16.6 Å². The lowest BCUT2D eigenvalue weighted by Crippen LogP contribution is -2.30. The molecule has 17 heavy (non-hydrogen) atoms. The molecule has 1 heterocycles. The van der Waals surface area contributed by atoms with E-state index in [9.17, 15) is 4.79 Å². The molecular formula is C13H14N2OS. The van der Waals surface area contributed by atoms with E-state index < -0.39 is 0 Å². The maximum atomic E-state index is 12.3. The molecule has 0 aliphatic rings. The Balaban J connectivity index is 2.32. The van der Waals surface area contributed by atoms with Crippen molar-refractivity contribution in [2.45, 2.75) is 6.92 Å². The maximum absolute atomic E-state index is 12.3. The Kier molecular flexibility index (Phi) is 3.44. The third kappa shape index (κ3) is 2.31. The number of rotatable bonds is 3. The Hall–Kier alpha value is -1.81. The molecule has 0 bridgehead atoms. The zero-order chi connectivity index (χ0) is 12.3. The Labute approximate surface area is 104 Å². The second kappa shape index (κ2) is 5.01. The molecule has 0 saturated carbocycles. The molecule has 4 heteroatoms. The molecule has 2 N–H and O–H groups in total. The first-order chi connectivity index (χ1) is 8.24. The van der Waals surface area contributed by atoms with E-state index in [-0.39, 0.29) is 5.91 Å². The minimum Gasteiger partial charge on any atom is -0.397 e. The average molecular weight is 246 g/mol. The van der Waals surface area contributed by atoms with Crippen molar-refractivity contribution in [1.29, 1.82) is 0 Å². The van der Waals surface area contributed by atoms with E-state index in [4.69, 9.17) is 5.73 Å². The number of hydrogen-bond acceptors (Lipinski definition) is 3. The average Bonchev–Trinajstić information content (AvgIpc) is 2.77. The number of carbonyl (C=O) groups is 1. The van der Waals surface area contributed by atoms with Crippen molar-refractivity contribution in [3.8, 4) is 0 Å². The van der Waals surface area contributed by atoms with E-state index in [1.807, 2.05) is 42.6 Å². The van der Waals surface area contributed by atoms with Gasteiger partial charge in [-0.1, -0.05) is 18.2 Å². The summed E-state index contributed by atoms with van der Waals surface area (Å²) in [6, 6.07) is 11.4. The van der Waals surface area contributed by atoms with Gasteiger partial charge in [-0.05, 0) is 30.5 Å². The van der Waals surface area contributed by atoms with Crippen LogP contribution in [-0.4, -0.2) is 12.5 Å². The van der Waals surface area contributed by atoms with Crippen molar-refractivity contribution >= 4 is 28.6 Å². The number of carbonyl (C=O) groups excluding carboxylic acids is 1. The van der Waals surface area contributed by atoms with Gasteiger partial charge in [0.2, 0.25) is 0 Å². The number of nitrogens with zero attached hydrogens (tertiary/aromatic N) is 1. The molecule has 0 spiro atoms. The standard InChI is InChI=1S/C13H14N2OS/c1-2-15(10-6-4-3-5-7-10)13(16)12-11(14)8-9-17-12/h3-9H,2,14H2,1H3. The van der Waals surface area contributed by atoms with Crippen LogP contribution in [-0.2, 0) is 0 Å². The zero-order valence-corrected chi connectivity index (χ0v) is 10.4. The maximum Gasteiger partial charge on any atom is 0.270 e. The fraction of sp³-hybridized carbons (Fsp3) is 0.154. The van der Waals surface area contributed by atoms with Gasteiger partial charge in [-0.3, -0.25) is 4.79 Å². The predicted molar refractivity (Wildman–Crippen MR) is 72.5 cm³/mol. The summed E-state index contributed by atoms with van der Waals surface area (Å²) in [6.45, 7) is 2.58. The summed E-state index contributed by atoms with van der Waals surface area (Å²) in [5.74, 6) is -0.0359. The minimum atomic E-state index is -0.0359. The van der Waals surface area contributed by atoms with Crippen LogP contribution in [0.3, 0.4) is 0 Å². The van der Waals surface area contributed by atoms with Crippen molar-refractivity contribution in [1.82, 2.24) is 0 Å². The van der Waals surface area contributed by atoms with Crippen molar-refractivity contribution in [2.24, 2.45) is 0 Å². The molecule has 0 atom stereocenters. The summed E-state index contributed by atoms with van der Waals surface area (Å²) in [5, 5.41) is 1.83. The first-order valence-corrected chi connectivity index (χ1v) is 6.32. The lowest BCUT2D eigenvalue weighted by Gasteiger charge is -2.20. The van der Waals surface area contributed by atoms with Crippen LogP contribution >= 0.6 is 11.3 Å². The normalized spacial score (nSPS) is 10.2. The number of para-hydroxylation sites is 1. The van der Waals surface area contributed by atoms with Crippen LogP contribution in [0.4, 0.5) is 11.4 Å². The fourth-order valence-electron chi connectivity index (χ4n) is 1.67. The summed E-state index contributed by atoms with van der Waals surface area (Å²) in [6.07, 6.45) is 0. The lowest BCUT2D eigenvalue weighted by molar-refractivity contribution is 0.0993. The second-order valence-corrected chi connectivity index (χ2v) is 4.51. The first kappa shape index (κ1) is 11.7. The summed E-state index contributed by atoms with van der Waals surface area (Å²) in [7, 11) is 0. The number of benzene rings is 1. The third-order valence-corrected chi connectivity index (χ3v) is 3.44. The number of amides is 1. The molecule has 0 saturated heterocycles. The smallest absolute Gasteiger partial charge is 0.270 e. The molecule has 0 aliphatic carbocycles. The third-order valence-electron chi connectivity index (χ3n) is 2.52. The van der Waals surface area contributed by atoms with Crippen molar-refractivity contribution in [3.05, 3.63) is 46.7 Å². The van der Waals surface area contributed by atoms with E-state index in [2.05, 4.69) is 0 Å². The minimum absolute atomic E-state index is 0.0359. The van der Waals surface area contributed by atoms with Crippen LogP contribution in [0.25, 0.3) is 0 Å². The Morgan fingerprint density at radius 1 is 1.29 bits per heavy atom. The molecule has 2 rings (SSSR count). The number of hydrogen-bond donors (Lipinski definition) is 1. The number of nitrogen functional groups attached to an aromatic ring is 1. The van der Waals surface area contributed by atoms with E-state index in [1.165, 1.54) is 11.3 Å². The Morgan fingerprint density at radius 3 is 2.53 bits per heavy atom. The van der Waals surface area contributed by atoms with Gasteiger partial charge in [0, 0.05) is 12.2 Å². The molecule has 1 aromatic carbocycles. The quantitative estimate of drug-likeness (QED) is 0.905. The highest BCUT2D eigenvalue weighted by molar-refractivity contribution is 7.12. The molecule has 88 valence electrons. The topological polar surface area (TPSA) is 46.3 Å². The van der Waals surface area contributed by atoms with Gasteiger partial charge < -0.3 is 10.6 Å². The van der Waals surface area contributed by atoms with E-state index >= 15 is 0 Å². The van der Waals surface area contributed by atoms with Crippen LogP contribution < -0.4 is 10.6 Å². The van der Waals surface area contributed by atoms with Gasteiger partial charge in [0.25, 0.3) is 5.91 Å². The molecule has 1 aromatic heterocycles. The van der Waals surface area contributed by atoms with Crippen LogP contribution in [0.15, 0.2) is 41.8 Å². The molecule has 0 radical (unpaired) electrons. The fourth-order valence-corrected chi connectivity index (χ4v) is 2.43. The Bertz CT molecular complexity index is 507. The van der Waals surface area contributed by atoms with E-state index in [1.54, 1.807) is 11.0 Å². The summed E-state index contributed by atoms with van der Waals surface area (Å²) >= 11 is 1.38. The Morgan fingerprint density at radius 2 is 2.00 bits per heavy atom. The van der Waals surface area contributed by atoms with Gasteiger partial charge in [0.1, 0.15) is 4.88 Å². The van der Waals surface area contributed by atoms with Crippen molar-refractivity contribution in [2.75, 3.05) is 17.2 Å². The second-order valence-electron chi connectivity index (χ2n) is 3.59.